The highest BCUT2D eigenvalue weighted by atomic mass is 79.9. The molecule has 0 aromatic heterocycles. The molecule has 0 amide bonds. The van der Waals surface area contributed by atoms with E-state index in [0.29, 0.717) is 16.3 Å². The van der Waals surface area contributed by atoms with Crippen LogP contribution < -0.4 is 10.1 Å². The number of methoxy groups -OCH3 is 1. The monoisotopic (exact) mass is 329 g/mol. The number of phenols is 1. The van der Waals surface area contributed by atoms with Gasteiger partial charge in [-0.05, 0) is 59.3 Å². The van der Waals surface area contributed by atoms with E-state index >= 15 is 0 Å². The number of hydrogen-bond acceptors (Lipinski definition) is 4. The van der Waals surface area contributed by atoms with E-state index in [4.69, 9.17) is 4.74 Å². The summed E-state index contributed by atoms with van der Waals surface area (Å²) in [4.78, 5) is 0. The number of aliphatic hydroxyl groups is 1. The van der Waals surface area contributed by atoms with Gasteiger partial charge in [-0.25, -0.2) is 0 Å². The summed E-state index contributed by atoms with van der Waals surface area (Å²) in [6.07, 6.45) is 3.65. The highest BCUT2D eigenvalue weighted by molar-refractivity contribution is 9.10. The fraction of sp³-hybridized carbons (Fsp3) is 0.571. The molecule has 4 nitrogen and oxygen atoms in total. The van der Waals surface area contributed by atoms with Gasteiger partial charge in [-0.3, -0.25) is 0 Å². The Hall–Kier alpha value is -0.780. The summed E-state index contributed by atoms with van der Waals surface area (Å²) >= 11 is 3.32. The molecule has 0 spiro atoms. The second-order valence-electron chi connectivity index (χ2n) is 5.01. The summed E-state index contributed by atoms with van der Waals surface area (Å²) < 4.78 is 5.77. The van der Waals surface area contributed by atoms with Crippen LogP contribution in [-0.2, 0) is 6.54 Å². The quantitative estimate of drug-likeness (QED) is 0.794. The number of phenolic OH excluding ortho intramolecular Hbond substituents is 1. The van der Waals surface area contributed by atoms with E-state index in [1.807, 2.05) is 12.1 Å². The molecule has 2 rings (SSSR count). The number of hydrogen-bond donors (Lipinski definition) is 3. The highest BCUT2D eigenvalue weighted by Crippen LogP contribution is 2.35. The number of aromatic hydroxyl groups is 1. The molecule has 0 atom stereocenters. The minimum absolute atomic E-state index is 0.124. The summed E-state index contributed by atoms with van der Waals surface area (Å²) in [6.45, 7) is 0.732. The molecule has 19 heavy (non-hydrogen) atoms. The minimum atomic E-state index is -0.124. The number of nitrogens with one attached hydrogen (secondary N) is 1. The second-order valence-corrected chi connectivity index (χ2v) is 5.87. The van der Waals surface area contributed by atoms with Crippen LogP contribution in [-0.4, -0.2) is 29.5 Å². The molecule has 0 heterocycles. The Labute approximate surface area is 121 Å². The summed E-state index contributed by atoms with van der Waals surface area (Å²) in [7, 11) is 1.54. The second kappa shape index (κ2) is 6.59. The van der Waals surface area contributed by atoms with Crippen molar-refractivity contribution in [2.75, 3.05) is 7.11 Å². The molecule has 1 fully saturated rings. The van der Waals surface area contributed by atoms with Crippen molar-refractivity contribution in [3.05, 3.63) is 22.2 Å². The Morgan fingerprint density at radius 1 is 1.32 bits per heavy atom. The number of ether oxygens (including phenoxy) is 1. The van der Waals surface area contributed by atoms with Gasteiger partial charge in [-0.15, -0.1) is 0 Å². The first-order chi connectivity index (χ1) is 9.10. The van der Waals surface area contributed by atoms with Crippen molar-refractivity contribution in [1.29, 1.82) is 0 Å². The molecule has 1 aromatic carbocycles. The van der Waals surface area contributed by atoms with E-state index in [9.17, 15) is 10.2 Å². The maximum Gasteiger partial charge on any atom is 0.172 e. The average molecular weight is 330 g/mol. The van der Waals surface area contributed by atoms with Gasteiger partial charge in [0.25, 0.3) is 0 Å². The van der Waals surface area contributed by atoms with E-state index in [2.05, 4.69) is 21.2 Å². The standard InChI is InChI=1S/C14H20BrNO3/c1-19-13-7-9(6-12(15)14(13)18)8-16-10-2-4-11(17)5-3-10/h6-7,10-11,16-18H,2-5,8H2,1H3. The van der Waals surface area contributed by atoms with Gasteiger partial charge < -0.3 is 20.3 Å². The number of benzene rings is 1. The number of halogens is 1. The molecule has 0 saturated heterocycles. The van der Waals surface area contributed by atoms with E-state index in [1.165, 1.54) is 0 Å². The van der Waals surface area contributed by atoms with Crippen LogP contribution in [0.5, 0.6) is 11.5 Å². The lowest BCUT2D eigenvalue weighted by Gasteiger charge is -2.26. The van der Waals surface area contributed by atoms with Crippen LogP contribution in [0.1, 0.15) is 31.2 Å². The lowest BCUT2D eigenvalue weighted by molar-refractivity contribution is 0.116. The van der Waals surface area contributed by atoms with Crippen LogP contribution in [0, 0.1) is 0 Å². The highest BCUT2D eigenvalue weighted by Gasteiger charge is 2.19. The molecule has 1 saturated carbocycles. The van der Waals surface area contributed by atoms with Gasteiger partial charge in [0.05, 0.1) is 17.7 Å². The molecule has 0 aliphatic heterocycles. The van der Waals surface area contributed by atoms with Crippen molar-refractivity contribution < 1.29 is 14.9 Å². The molecule has 0 unspecified atom stereocenters. The minimum Gasteiger partial charge on any atom is -0.503 e. The smallest absolute Gasteiger partial charge is 0.172 e. The van der Waals surface area contributed by atoms with E-state index in [-0.39, 0.29) is 11.9 Å². The summed E-state index contributed by atoms with van der Waals surface area (Å²) in [5, 5.41) is 22.7. The number of rotatable bonds is 4. The van der Waals surface area contributed by atoms with Crippen LogP contribution in [0.15, 0.2) is 16.6 Å². The van der Waals surface area contributed by atoms with Gasteiger partial charge in [0.2, 0.25) is 0 Å². The molecule has 1 aliphatic rings. The zero-order chi connectivity index (χ0) is 13.8. The van der Waals surface area contributed by atoms with Gasteiger partial charge >= 0.3 is 0 Å². The lowest BCUT2D eigenvalue weighted by Crippen LogP contribution is -2.34. The van der Waals surface area contributed by atoms with Crippen LogP contribution in [0.3, 0.4) is 0 Å². The Morgan fingerprint density at radius 3 is 2.63 bits per heavy atom. The molecule has 0 radical (unpaired) electrons. The van der Waals surface area contributed by atoms with Crippen molar-refractivity contribution in [2.45, 2.75) is 44.4 Å². The molecule has 1 aromatic rings. The first-order valence-corrected chi connectivity index (χ1v) is 7.36. The van der Waals surface area contributed by atoms with Gasteiger partial charge in [0.15, 0.2) is 11.5 Å². The Bertz CT molecular complexity index is 431. The molecule has 106 valence electrons. The maximum atomic E-state index is 9.75. The summed E-state index contributed by atoms with van der Waals surface area (Å²) in [6, 6.07) is 4.19. The fourth-order valence-electron chi connectivity index (χ4n) is 2.43. The Kier molecular flexibility index (Phi) is 5.07. The largest absolute Gasteiger partial charge is 0.503 e. The van der Waals surface area contributed by atoms with Gasteiger partial charge in [-0.1, -0.05) is 0 Å². The Morgan fingerprint density at radius 2 is 2.00 bits per heavy atom. The average Bonchev–Trinajstić information content (AvgIpc) is 2.41. The molecule has 3 N–H and O–H groups in total. The van der Waals surface area contributed by atoms with E-state index in [0.717, 1.165) is 37.8 Å². The molecular weight excluding hydrogens is 310 g/mol. The van der Waals surface area contributed by atoms with Crippen molar-refractivity contribution in [2.24, 2.45) is 0 Å². The van der Waals surface area contributed by atoms with E-state index in [1.54, 1.807) is 7.11 Å². The fourth-order valence-corrected chi connectivity index (χ4v) is 2.92. The van der Waals surface area contributed by atoms with Crippen LogP contribution in [0.25, 0.3) is 0 Å². The predicted octanol–water partition coefficient (Wildman–Crippen LogP) is 2.56. The zero-order valence-electron chi connectivity index (χ0n) is 11.0. The lowest BCUT2D eigenvalue weighted by atomic mass is 9.93. The first-order valence-electron chi connectivity index (χ1n) is 6.57. The normalized spacial score (nSPS) is 23.3. The van der Waals surface area contributed by atoms with E-state index < -0.39 is 0 Å². The first kappa shape index (κ1) is 14.6. The van der Waals surface area contributed by atoms with Gasteiger partial charge in [0.1, 0.15) is 0 Å². The molecule has 1 aliphatic carbocycles. The molecule has 0 bridgehead atoms. The summed E-state index contributed by atoms with van der Waals surface area (Å²) in [5.41, 5.74) is 1.06. The SMILES string of the molecule is COc1cc(CNC2CCC(O)CC2)cc(Br)c1O. The van der Waals surface area contributed by atoms with Gasteiger partial charge in [-0.2, -0.15) is 0 Å². The summed E-state index contributed by atoms with van der Waals surface area (Å²) in [5.74, 6) is 0.609. The van der Waals surface area contributed by atoms with Crippen molar-refractivity contribution in [3.8, 4) is 11.5 Å². The van der Waals surface area contributed by atoms with Crippen LogP contribution in [0.4, 0.5) is 0 Å². The predicted molar refractivity (Wildman–Crippen MR) is 77.5 cm³/mol. The third-order valence-electron chi connectivity index (χ3n) is 3.60. The Balaban J connectivity index is 1.94. The van der Waals surface area contributed by atoms with Crippen molar-refractivity contribution >= 4 is 15.9 Å². The van der Waals surface area contributed by atoms with Crippen molar-refractivity contribution in [3.63, 3.8) is 0 Å². The van der Waals surface area contributed by atoms with Crippen LogP contribution >= 0.6 is 15.9 Å². The topological polar surface area (TPSA) is 61.7 Å². The third-order valence-corrected chi connectivity index (χ3v) is 4.20. The molecular formula is C14H20BrNO3. The van der Waals surface area contributed by atoms with Crippen molar-refractivity contribution in [1.82, 2.24) is 5.32 Å². The molecule has 5 heteroatoms. The van der Waals surface area contributed by atoms with Crippen LogP contribution in [0.2, 0.25) is 0 Å². The maximum absolute atomic E-state index is 9.75. The third kappa shape index (κ3) is 3.84. The number of aliphatic hydroxyl groups excluding tert-OH is 1. The van der Waals surface area contributed by atoms with Gasteiger partial charge in [0, 0.05) is 12.6 Å². The zero-order valence-corrected chi connectivity index (χ0v) is 12.6.